The molecule has 0 aliphatic heterocycles. The van der Waals surface area contributed by atoms with Crippen molar-refractivity contribution in [3.63, 3.8) is 0 Å². The number of ether oxygens (including phenoxy) is 1. The van der Waals surface area contributed by atoms with E-state index in [4.69, 9.17) is 4.74 Å². The molecule has 1 aliphatic rings. The Kier molecular flexibility index (Phi) is 7.39. The second-order valence-corrected chi connectivity index (χ2v) is 8.20. The van der Waals surface area contributed by atoms with E-state index in [1.54, 1.807) is 0 Å². The predicted molar refractivity (Wildman–Crippen MR) is 99.4 cm³/mol. The standard InChI is InChI=1S/C16H23Br2NOS/c1-3-20-16-11(8-12(17)9-13(16)18)10-19-14-6-4-5-7-15(14)21-2/h8-9,14-15,19H,3-7,10H2,1-2H3. The molecule has 0 spiro atoms. The Morgan fingerprint density at radius 2 is 2.05 bits per heavy atom. The minimum absolute atomic E-state index is 0.612. The van der Waals surface area contributed by atoms with Crippen LogP contribution in [0.2, 0.25) is 0 Å². The molecule has 2 atom stereocenters. The van der Waals surface area contributed by atoms with Gasteiger partial charge in [-0.25, -0.2) is 0 Å². The molecule has 1 aliphatic carbocycles. The van der Waals surface area contributed by atoms with Gasteiger partial charge >= 0.3 is 0 Å². The minimum atomic E-state index is 0.612. The number of benzene rings is 1. The van der Waals surface area contributed by atoms with Gasteiger partial charge in [0.1, 0.15) is 5.75 Å². The second-order valence-electron chi connectivity index (χ2n) is 5.35. The molecule has 21 heavy (non-hydrogen) atoms. The van der Waals surface area contributed by atoms with Gasteiger partial charge in [-0.05, 0) is 54.1 Å². The van der Waals surface area contributed by atoms with Crippen molar-refractivity contribution in [1.82, 2.24) is 5.32 Å². The van der Waals surface area contributed by atoms with Crippen LogP contribution in [-0.2, 0) is 6.54 Å². The Morgan fingerprint density at radius 3 is 2.76 bits per heavy atom. The summed E-state index contributed by atoms with van der Waals surface area (Å²) in [7, 11) is 0. The molecule has 1 aromatic carbocycles. The molecule has 2 nitrogen and oxygen atoms in total. The fourth-order valence-electron chi connectivity index (χ4n) is 2.90. The molecule has 0 radical (unpaired) electrons. The zero-order valence-corrected chi connectivity index (χ0v) is 16.6. The first kappa shape index (κ1) is 17.6. The van der Waals surface area contributed by atoms with Crippen molar-refractivity contribution in [2.24, 2.45) is 0 Å². The molecule has 1 aromatic rings. The first-order valence-corrected chi connectivity index (χ1v) is 10.4. The Morgan fingerprint density at radius 1 is 1.29 bits per heavy atom. The van der Waals surface area contributed by atoms with E-state index in [0.717, 1.165) is 26.5 Å². The molecule has 118 valence electrons. The fourth-order valence-corrected chi connectivity index (χ4v) is 5.30. The Balaban J connectivity index is 2.07. The number of hydrogen-bond acceptors (Lipinski definition) is 3. The van der Waals surface area contributed by atoms with Crippen LogP contribution in [0.5, 0.6) is 5.75 Å². The number of rotatable bonds is 6. The minimum Gasteiger partial charge on any atom is -0.492 e. The topological polar surface area (TPSA) is 21.3 Å². The summed E-state index contributed by atoms with van der Waals surface area (Å²) < 4.78 is 7.90. The molecule has 5 heteroatoms. The smallest absolute Gasteiger partial charge is 0.138 e. The normalized spacial score (nSPS) is 22.3. The molecular formula is C16H23Br2NOS. The molecule has 2 rings (SSSR count). The number of hydrogen-bond donors (Lipinski definition) is 1. The first-order chi connectivity index (χ1) is 10.2. The van der Waals surface area contributed by atoms with Gasteiger partial charge in [0.2, 0.25) is 0 Å². The Hall–Kier alpha value is 0.290. The Bertz CT molecular complexity index is 470. The molecular weight excluding hydrogens is 414 g/mol. The first-order valence-electron chi connectivity index (χ1n) is 7.52. The van der Waals surface area contributed by atoms with Crippen molar-refractivity contribution in [2.45, 2.75) is 50.4 Å². The lowest BCUT2D eigenvalue weighted by Gasteiger charge is -2.31. The summed E-state index contributed by atoms with van der Waals surface area (Å²) in [6.07, 6.45) is 7.56. The van der Waals surface area contributed by atoms with Crippen molar-refractivity contribution >= 4 is 43.6 Å². The predicted octanol–water partition coefficient (Wildman–Crippen LogP) is 5.37. The molecule has 1 saturated carbocycles. The van der Waals surface area contributed by atoms with Crippen LogP contribution in [0.3, 0.4) is 0 Å². The largest absolute Gasteiger partial charge is 0.492 e. The molecule has 0 amide bonds. The average Bonchev–Trinajstić information content (AvgIpc) is 2.48. The van der Waals surface area contributed by atoms with Gasteiger partial charge in [0.15, 0.2) is 0 Å². The van der Waals surface area contributed by atoms with E-state index in [2.05, 4.69) is 49.5 Å². The number of nitrogens with one attached hydrogen (secondary N) is 1. The Labute approximate surface area is 149 Å². The van der Waals surface area contributed by atoms with E-state index in [-0.39, 0.29) is 0 Å². The molecule has 1 fully saturated rings. The van der Waals surface area contributed by atoms with Crippen molar-refractivity contribution in [3.05, 3.63) is 26.6 Å². The lowest BCUT2D eigenvalue weighted by Crippen LogP contribution is -2.40. The van der Waals surface area contributed by atoms with Gasteiger partial charge in [-0.1, -0.05) is 28.8 Å². The lowest BCUT2D eigenvalue weighted by molar-refractivity contribution is 0.329. The van der Waals surface area contributed by atoms with Crippen molar-refractivity contribution in [2.75, 3.05) is 12.9 Å². The van der Waals surface area contributed by atoms with Crippen LogP contribution in [0.1, 0.15) is 38.2 Å². The summed E-state index contributed by atoms with van der Waals surface area (Å²) in [5.41, 5.74) is 1.21. The van der Waals surface area contributed by atoms with Crippen LogP contribution in [0.15, 0.2) is 21.1 Å². The van der Waals surface area contributed by atoms with Crippen molar-refractivity contribution in [1.29, 1.82) is 0 Å². The van der Waals surface area contributed by atoms with Crippen LogP contribution < -0.4 is 10.1 Å². The lowest BCUT2D eigenvalue weighted by atomic mass is 9.94. The zero-order valence-electron chi connectivity index (χ0n) is 12.6. The van der Waals surface area contributed by atoms with Crippen LogP contribution >= 0.6 is 43.6 Å². The monoisotopic (exact) mass is 435 g/mol. The third-order valence-corrected chi connectivity index (χ3v) is 6.15. The molecule has 1 N–H and O–H groups in total. The van der Waals surface area contributed by atoms with Crippen LogP contribution in [0, 0.1) is 0 Å². The highest BCUT2D eigenvalue weighted by Crippen LogP contribution is 2.34. The summed E-state index contributed by atoms with van der Waals surface area (Å²) in [6.45, 7) is 3.57. The molecule has 0 heterocycles. The maximum Gasteiger partial charge on any atom is 0.138 e. The van der Waals surface area contributed by atoms with E-state index < -0.39 is 0 Å². The van der Waals surface area contributed by atoms with Crippen LogP contribution in [0.25, 0.3) is 0 Å². The van der Waals surface area contributed by atoms with Gasteiger partial charge in [-0.3, -0.25) is 0 Å². The van der Waals surface area contributed by atoms with E-state index in [1.807, 2.05) is 24.8 Å². The number of thioether (sulfide) groups is 1. The summed E-state index contributed by atoms with van der Waals surface area (Å²) in [4.78, 5) is 0. The highest BCUT2D eigenvalue weighted by Gasteiger charge is 2.24. The molecule has 0 aromatic heterocycles. The highest BCUT2D eigenvalue weighted by molar-refractivity contribution is 9.11. The summed E-state index contributed by atoms with van der Waals surface area (Å²) in [6, 6.07) is 4.81. The summed E-state index contributed by atoms with van der Waals surface area (Å²) in [5, 5.41) is 4.49. The molecule has 0 saturated heterocycles. The third kappa shape index (κ3) is 4.88. The van der Waals surface area contributed by atoms with Crippen LogP contribution in [0.4, 0.5) is 0 Å². The second kappa shape index (κ2) is 8.80. The zero-order chi connectivity index (χ0) is 15.2. The summed E-state index contributed by atoms with van der Waals surface area (Å²) >= 11 is 9.17. The average molecular weight is 437 g/mol. The van der Waals surface area contributed by atoms with Crippen molar-refractivity contribution in [3.8, 4) is 5.75 Å². The van der Waals surface area contributed by atoms with Gasteiger partial charge in [0, 0.05) is 27.9 Å². The molecule has 2 unspecified atom stereocenters. The van der Waals surface area contributed by atoms with Crippen LogP contribution in [-0.4, -0.2) is 24.2 Å². The number of halogens is 2. The summed E-state index contributed by atoms with van der Waals surface area (Å²) in [5.74, 6) is 0.963. The van der Waals surface area contributed by atoms with E-state index in [0.29, 0.717) is 12.6 Å². The van der Waals surface area contributed by atoms with E-state index in [9.17, 15) is 0 Å². The van der Waals surface area contributed by atoms with Gasteiger partial charge < -0.3 is 10.1 Å². The maximum atomic E-state index is 5.80. The van der Waals surface area contributed by atoms with Gasteiger partial charge in [0.05, 0.1) is 11.1 Å². The third-order valence-electron chi connectivity index (χ3n) is 3.93. The highest BCUT2D eigenvalue weighted by atomic mass is 79.9. The van der Waals surface area contributed by atoms with E-state index in [1.165, 1.54) is 31.2 Å². The SMILES string of the molecule is CCOc1c(Br)cc(Br)cc1CNC1CCCCC1SC. The maximum absolute atomic E-state index is 5.80. The quantitative estimate of drug-likeness (QED) is 0.647. The molecule has 0 bridgehead atoms. The van der Waals surface area contributed by atoms with Gasteiger partial charge in [-0.15, -0.1) is 0 Å². The van der Waals surface area contributed by atoms with Gasteiger partial charge in [0.25, 0.3) is 0 Å². The van der Waals surface area contributed by atoms with Crippen molar-refractivity contribution < 1.29 is 4.74 Å². The van der Waals surface area contributed by atoms with E-state index >= 15 is 0 Å². The van der Waals surface area contributed by atoms with Gasteiger partial charge in [-0.2, -0.15) is 11.8 Å². The fraction of sp³-hybridized carbons (Fsp3) is 0.625.